The molecule has 1 aliphatic rings. The van der Waals surface area contributed by atoms with E-state index in [-0.39, 0.29) is 24.4 Å². The number of carbonyl (C=O) groups excluding carboxylic acids is 2. The van der Waals surface area contributed by atoms with Gasteiger partial charge in [-0.3, -0.25) is 9.59 Å². The van der Waals surface area contributed by atoms with E-state index in [2.05, 4.69) is 5.32 Å². The summed E-state index contributed by atoms with van der Waals surface area (Å²) in [5, 5.41) is 2.68. The molecule has 1 N–H and O–H groups in total. The van der Waals surface area contributed by atoms with Crippen LogP contribution in [0.4, 0.5) is 0 Å². The average Bonchev–Trinajstić information content (AvgIpc) is 2.57. The van der Waals surface area contributed by atoms with E-state index in [9.17, 15) is 9.59 Å². The zero-order chi connectivity index (χ0) is 16.5. The molecule has 5 nitrogen and oxygen atoms in total. The molecule has 1 aromatic carbocycles. The van der Waals surface area contributed by atoms with E-state index in [0.29, 0.717) is 13.2 Å². The van der Waals surface area contributed by atoms with Crippen LogP contribution < -0.4 is 10.1 Å². The van der Waals surface area contributed by atoms with Crippen molar-refractivity contribution in [2.75, 3.05) is 19.8 Å². The van der Waals surface area contributed by atoms with Crippen molar-refractivity contribution in [1.82, 2.24) is 5.32 Å². The van der Waals surface area contributed by atoms with Crippen LogP contribution in [0.3, 0.4) is 0 Å². The van der Waals surface area contributed by atoms with Gasteiger partial charge in [-0.2, -0.15) is 0 Å². The Labute approximate surface area is 137 Å². The smallest absolute Gasteiger partial charge is 0.309 e. The van der Waals surface area contributed by atoms with Gasteiger partial charge in [0.15, 0.2) is 6.61 Å². The number of nitrogens with one attached hydrogen (secondary N) is 1. The Hall–Kier alpha value is -2.04. The number of ether oxygens (including phenoxy) is 2. The molecule has 1 aromatic rings. The summed E-state index contributed by atoms with van der Waals surface area (Å²) in [4.78, 5) is 23.5. The topological polar surface area (TPSA) is 64.6 Å². The van der Waals surface area contributed by atoms with Crippen molar-refractivity contribution in [2.24, 2.45) is 5.92 Å². The third-order valence-corrected chi connectivity index (χ3v) is 3.97. The lowest BCUT2D eigenvalue weighted by molar-refractivity contribution is -0.153. The van der Waals surface area contributed by atoms with Crippen LogP contribution in [-0.2, 0) is 14.3 Å². The molecule has 0 unspecified atom stereocenters. The molecule has 0 bridgehead atoms. The zero-order valence-electron chi connectivity index (χ0n) is 13.7. The van der Waals surface area contributed by atoms with Gasteiger partial charge in [-0.05, 0) is 37.5 Å². The first-order chi connectivity index (χ1) is 11.1. The Bertz CT molecular complexity index is 524. The predicted molar refractivity (Wildman–Crippen MR) is 87.2 cm³/mol. The summed E-state index contributed by atoms with van der Waals surface area (Å²) in [5.41, 5.74) is 1.13. The van der Waals surface area contributed by atoms with E-state index < -0.39 is 0 Å². The van der Waals surface area contributed by atoms with Gasteiger partial charge in [0, 0.05) is 0 Å². The molecule has 0 heterocycles. The summed E-state index contributed by atoms with van der Waals surface area (Å²) in [7, 11) is 0. The highest BCUT2D eigenvalue weighted by atomic mass is 16.5. The first-order valence-electron chi connectivity index (χ1n) is 8.28. The Morgan fingerprint density at radius 1 is 1.22 bits per heavy atom. The molecule has 0 aromatic heterocycles. The molecule has 23 heavy (non-hydrogen) atoms. The molecule has 1 fully saturated rings. The second-order valence-electron chi connectivity index (χ2n) is 5.96. The van der Waals surface area contributed by atoms with E-state index >= 15 is 0 Å². The first-order valence-corrected chi connectivity index (χ1v) is 8.28. The van der Waals surface area contributed by atoms with Crippen LogP contribution in [0.5, 0.6) is 5.75 Å². The summed E-state index contributed by atoms with van der Waals surface area (Å²) in [6.07, 6.45) is 5.09. The highest BCUT2D eigenvalue weighted by Crippen LogP contribution is 2.24. The van der Waals surface area contributed by atoms with Gasteiger partial charge in [-0.15, -0.1) is 0 Å². The van der Waals surface area contributed by atoms with E-state index in [0.717, 1.165) is 37.0 Å². The summed E-state index contributed by atoms with van der Waals surface area (Å²) >= 11 is 0. The summed E-state index contributed by atoms with van der Waals surface area (Å²) < 4.78 is 10.6. The van der Waals surface area contributed by atoms with Crippen LogP contribution in [0.1, 0.15) is 37.7 Å². The minimum Gasteiger partial charge on any atom is -0.492 e. The van der Waals surface area contributed by atoms with Crippen molar-refractivity contribution >= 4 is 11.9 Å². The molecule has 0 radical (unpaired) electrons. The maximum Gasteiger partial charge on any atom is 0.309 e. The first kappa shape index (κ1) is 17.3. The second kappa shape index (κ2) is 9.18. The normalized spacial score (nSPS) is 15.0. The number of benzene rings is 1. The van der Waals surface area contributed by atoms with Crippen molar-refractivity contribution < 1.29 is 19.1 Å². The standard InChI is InChI=1S/C18H25NO4/c1-14-6-5-9-16(12-14)22-11-10-19-17(20)13-23-18(21)15-7-3-2-4-8-15/h5-6,9,12,15H,2-4,7-8,10-11,13H2,1H3,(H,19,20). The van der Waals surface area contributed by atoms with E-state index in [4.69, 9.17) is 9.47 Å². The zero-order valence-corrected chi connectivity index (χ0v) is 13.7. The fourth-order valence-electron chi connectivity index (χ4n) is 2.71. The molecule has 0 aliphatic heterocycles. The third kappa shape index (κ3) is 6.30. The molecular weight excluding hydrogens is 294 g/mol. The molecule has 5 heteroatoms. The summed E-state index contributed by atoms with van der Waals surface area (Å²) in [6, 6.07) is 7.73. The van der Waals surface area contributed by atoms with Crippen molar-refractivity contribution in [1.29, 1.82) is 0 Å². The minimum absolute atomic E-state index is 0.0267. The molecule has 0 spiro atoms. The Morgan fingerprint density at radius 2 is 2.00 bits per heavy atom. The molecule has 126 valence electrons. The highest BCUT2D eigenvalue weighted by molar-refractivity contribution is 5.81. The van der Waals surface area contributed by atoms with Crippen molar-refractivity contribution in [3.63, 3.8) is 0 Å². The second-order valence-corrected chi connectivity index (χ2v) is 5.96. The van der Waals surface area contributed by atoms with Crippen molar-refractivity contribution in [3.8, 4) is 5.75 Å². The number of hydrogen-bond acceptors (Lipinski definition) is 4. The van der Waals surface area contributed by atoms with Crippen LogP contribution in [0, 0.1) is 12.8 Å². The average molecular weight is 319 g/mol. The predicted octanol–water partition coefficient (Wildman–Crippen LogP) is 2.61. The van der Waals surface area contributed by atoms with Gasteiger partial charge in [-0.25, -0.2) is 0 Å². The fraction of sp³-hybridized carbons (Fsp3) is 0.556. The van der Waals surface area contributed by atoms with Gasteiger partial charge in [0.25, 0.3) is 5.91 Å². The number of esters is 1. The van der Waals surface area contributed by atoms with Gasteiger partial charge in [0.05, 0.1) is 12.5 Å². The van der Waals surface area contributed by atoms with Gasteiger partial charge in [0.1, 0.15) is 12.4 Å². The van der Waals surface area contributed by atoms with Crippen molar-refractivity contribution in [3.05, 3.63) is 29.8 Å². The Balaban J connectivity index is 1.57. The number of aryl methyl sites for hydroxylation is 1. The fourth-order valence-corrected chi connectivity index (χ4v) is 2.71. The quantitative estimate of drug-likeness (QED) is 0.620. The lowest BCUT2D eigenvalue weighted by Gasteiger charge is -2.19. The van der Waals surface area contributed by atoms with Crippen molar-refractivity contribution in [2.45, 2.75) is 39.0 Å². The van der Waals surface area contributed by atoms with E-state index in [1.807, 2.05) is 31.2 Å². The van der Waals surface area contributed by atoms with Gasteiger partial charge in [0.2, 0.25) is 0 Å². The molecule has 1 aliphatic carbocycles. The molecule has 2 rings (SSSR count). The summed E-state index contributed by atoms with van der Waals surface area (Å²) in [6.45, 7) is 2.55. The molecule has 1 saturated carbocycles. The van der Waals surface area contributed by atoms with Crippen LogP contribution in [0.25, 0.3) is 0 Å². The molecular formula is C18H25NO4. The molecule has 0 atom stereocenters. The minimum atomic E-state index is -0.290. The number of carbonyl (C=O) groups is 2. The maximum atomic E-state index is 11.8. The lowest BCUT2D eigenvalue weighted by Crippen LogP contribution is -2.33. The molecule has 0 saturated heterocycles. The van der Waals surface area contributed by atoms with Crippen LogP contribution in [0.2, 0.25) is 0 Å². The van der Waals surface area contributed by atoms with Gasteiger partial charge >= 0.3 is 5.97 Å². The number of amides is 1. The Kier molecular flexibility index (Phi) is 6.91. The lowest BCUT2D eigenvalue weighted by atomic mass is 9.89. The third-order valence-electron chi connectivity index (χ3n) is 3.97. The SMILES string of the molecule is Cc1cccc(OCCNC(=O)COC(=O)C2CCCCC2)c1. The number of rotatable bonds is 7. The summed E-state index contributed by atoms with van der Waals surface area (Å²) in [5.74, 6) is 0.224. The largest absolute Gasteiger partial charge is 0.492 e. The molecule has 1 amide bonds. The number of hydrogen-bond donors (Lipinski definition) is 1. The Morgan fingerprint density at radius 3 is 2.74 bits per heavy atom. The van der Waals surface area contributed by atoms with Gasteiger partial charge in [-0.1, -0.05) is 31.4 Å². The van der Waals surface area contributed by atoms with Crippen LogP contribution in [-0.4, -0.2) is 31.6 Å². The van der Waals surface area contributed by atoms with E-state index in [1.54, 1.807) is 0 Å². The maximum absolute atomic E-state index is 11.8. The van der Waals surface area contributed by atoms with Crippen LogP contribution in [0.15, 0.2) is 24.3 Å². The van der Waals surface area contributed by atoms with Gasteiger partial charge < -0.3 is 14.8 Å². The highest BCUT2D eigenvalue weighted by Gasteiger charge is 2.22. The monoisotopic (exact) mass is 319 g/mol. The van der Waals surface area contributed by atoms with Crippen LogP contribution >= 0.6 is 0 Å². The van der Waals surface area contributed by atoms with E-state index in [1.165, 1.54) is 6.42 Å².